The van der Waals surface area contributed by atoms with Crippen LogP contribution in [0, 0.1) is 0 Å². The quantitative estimate of drug-likeness (QED) is 0.816. The zero-order valence-electron chi connectivity index (χ0n) is 9.60. The van der Waals surface area contributed by atoms with E-state index in [0.717, 1.165) is 28.4 Å². The Kier molecular flexibility index (Phi) is 2.70. The molecule has 3 rings (SSSR count). The molecule has 0 bridgehead atoms. The summed E-state index contributed by atoms with van der Waals surface area (Å²) >= 11 is 3.45. The van der Waals surface area contributed by atoms with E-state index in [4.69, 9.17) is 0 Å². The molecule has 0 atom stereocenters. The highest BCUT2D eigenvalue weighted by molar-refractivity contribution is 9.10. The molecule has 0 unspecified atom stereocenters. The van der Waals surface area contributed by atoms with Crippen LogP contribution in [-0.2, 0) is 13.5 Å². The molecule has 0 aromatic carbocycles. The molecular formula is C12H13BrN4. The van der Waals surface area contributed by atoms with Crippen LogP contribution in [0.15, 0.2) is 23.1 Å². The van der Waals surface area contributed by atoms with Gasteiger partial charge in [-0.05, 0) is 34.8 Å². The van der Waals surface area contributed by atoms with Crippen molar-refractivity contribution in [2.45, 2.75) is 25.2 Å². The Labute approximate surface area is 108 Å². The zero-order valence-corrected chi connectivity index (χ0v) is 11.2. The van der Waals surface area contributed by atoms with Gasteiger partial charge in [0.25, 0.3) is 0 Å². The summed E-state index contributed by atoms with van der Waals surface area (Å²) in [4.78, 5) is 13.4. The van der Waals surface area contributed by atoms with E-state index >= 15 is 0 Å². The van der Waals surface area contributed by atoms with Crippen LogP contribution in [0.4, 0.5) is 0 Å². The molecule has 0 amide bonds. The first-order chi connectivity index (χ1) is 8.22. The summed E-state index contributed by atoms with van der Waals surface area (Å²) in [6.45, 7) is 0. The summed E-state index contributed by atoms with van der Waals surface area (Å²) in [5.74, 6) is 2.58. The predicted octanol–water partition coefficient (Wildman–Crippen LogP) is 2.44. The van der Waals surface area contributed by atoms with Gasteiger partial charge in [0.2, 0.25) is 0 Å². The molecule has 1 aliphatic carbocycles. The molecule has 5 heteroatoms. The van der Waals surface area contributed by atoms with Crippen LogP contribution < -0.4 is 0 Å². The number of imidazole rings is 1. The predicted molar refractivity (Wildman–Crippen MR) is 67.7 cm³/mol. The van der Waals surface area contributed by atoms with Crippen LogP contribution in [0.2, 0.25) is 0 Å². The van der Waals surface area contributed by atoms with E-state index in [2.05, 4.69) is 30.9 Å². The average Bonchev–Trinajstić information content (AvgIpc) is 3.05. The van der Waals surface area contributed by atoms with E-state index in [1.54, 1.807) is 0 Å². The van der Waals surface area contributed by atoms with Crippen molar-refractivity contribution in [2.24, 2.45) is 7.05 Å². The Bertz CT molecular complexity index is 545. The molecule has 17 heavy (non-hydrogen) atoms. The number of halogens is 1. The van der Waals surface area contributed by atoms with Gasteiger partial charge in [-0.1, -0.05) is 0 Å². The number of aromatic nitrogens is 4. The fraction of sp³-hybridized carbons (Fsp3) is 0.417. The molecule has 0 radical (unpaired) electrons. The van der Waals surface area contributed by atoms with Crippen LogP contribution in [0.25, 0.3) is 0 Å². The monoisotopic (exact) mass is 292 g/mol. The van der Waals surface area contributed by atoms with Crippen LogP contribution in [-0.4, -0.2) is 19.5 Å². The van der Waals surface area contributed by atoms with E-state index < -0.39 is 0 Å². The largest absolute Gasteiger partial charge is 0.338 e. The smallest absolute Gasteiger partial charge is 0.132 e. The SMILES string of the molecule is Cn1ccnc1Cc1cc(Br)nc(C2CC2)n1. The van der Waals surface area contributed by atoms with Gasteiger partial charge in [-0.3, -0.25) is 0 Å². The number of aryl methyl sites for hydroxylation is 1. The molecule has 0 aliphatic heterocycles. The van der Waals surface area contributed by atoms with Crippen molar-refractivity contribution >= 4 is 15.9 Å². The summed E-state index contributed by atoms with van der Waals surface area (Å²) in [5.41, 5.74) is 1.03. The van der Waals surface area contributed by atoms with Crippen molar-refractivity contribution in [3.63, 3.8) is 0 Å². The van der Waals surface area contributed by atoms with Crippen molar-refractivity contribution in [2.75, 3.05) is 0 Å². The summed E-state index contributed by atoms with van der Waals surface area (Å²) in [7, 11) is 2.00. The minimum absolute atomic E-state index is 0.577. The van der Waals surface area contributed by atoms with Crippen molar-refractivity contribution in [1.82, 2.24) is 19.5 Å². The van der Waals surface area contributed by atoms with Gasteiger partial charge in [-0.2, -0.15) is 0 Å². The maximum Gasteiger partial charge on any atom is 0.132 e. The third kappa shape index (κ3) is 2.39. The molecule has 2 aromatic heterocycles. The molecule has 1 saturated carbocycles. The Hall–Kier alpha value is -1.23. The first-order valence-corrected chi connectivity index (χ1v) is 6.51. The Balaban J connectivity index is 1.89. The molecule has 1 fully saturated rings. The number of hydrogen-bond acceptors (Lipinski definition) is 3. The summed E-state index contributed by atoms with van der Waals surface area (Å²) in [5, 5.41) is 0. The second-order valence-corrected chi connectivity index (χ2v) is 5.26. The fourth-order valence-corrected chi connectivity index (χ4v) is 2.27. The van der Waals surface area contributed by atoms with Gasteiger partial charge in [-0.25, -0.2) is 15.0 Å². The third-order valence-corrected chi connectivity index (χ3v) is 3.37. The highest BCUT2D eigenvalue weighted by atomic mass is 79.9. The first-order valence-electron chi connectivity index (χ1n) is 5.72. The van der Waals surface area contributed by atoms with Gasteiger partial charge in [0.15, 0.2) is 0 Å². The third-order valence-electron chi connectivity index (χ3n) is 2.97. The molecule has 0 N–H and O–H groups in total. The van der Waals surface area contributed by atoms with Crippen molar-refractivity contribution in [3.05, 3.63) is 40.4 Å². The lowest BCUT2D eigenvalue weighted by Crippen LogP contribution is -2.03. The normalized spacial score (nSPS) is 15.2. The van der Waals surface area contributed by atoms with Gasteiger partial charge in [0, 0.05) is 31.8 Å². The van der Waals surface area contributed by atoms with E-state index in [9.17, 15) is 0 Å². The standard InChI is InChI=1S/C12H13BrN4/c1-17-5-4-14-11(17)7-9-6-10(13)16-12(15-9)8-2-3-8/h4-6,8H,2-3,7H2,1H3. The Morgan fingerprint density at radius 2 is 2.24 bits per heavy atom. The highest BCUT2D eigenvalue weighted by Crippen LogP contribution is 2.38. The molecule has 2 heterocycles. The molecule has 2 aromatic rings. The van der Waals surface area contributed by atoms with Gasteiger partial charge >= 0.3 is 0 Å². The first kappa shape index (κ1) is 10.9. The van der Waals surface area contributed by atoms with Gasteiger partial charge in [0.05, 0.1) is 5.69 Å². The van der Waals surface area contributed by atoms with Crippen LogP contribution >= 0.6 is 15.9 Å². The second kappa shape index (κ2) is 4.22. The topological polar surface area (TPSA) is 43.6 Å². The van der Waals surface area contributed by atoms with Gasteiger partial charge in [-0.15, -0.1) is 0 Å². The van der Waals surface area contributed by atoms with E-state index in [1.807, 2.05) is 30.1 Å². The van der Waals surface area contributed by atoms with Crippen molar-refractivity contribution in [3.8, 4) is 0 Å². The molecule has 88 valence electrons. The average molecular weight is 293 g/mol. The number of nitrogens with zero attached hydrogens (tertiary/aromatic N) is 4. The molecular weight excluding hydrogens is 280 g/mol. The number of hydrogen-bond donors (Lipinski definition) is 0. The zero-order chi connectivity index (χ0) is 11.8. The molecule has 0 saturated heterocycles. The second-order valence-electron chi connectivity index (χ2n) is 4.45. The summed E-state index contributed by atoms with van der Waals surface area (Å²) < 4.78 is 2.89. The van der Waals surface area contributed by atoms with Crippen LogP contribution in [0.5, 0.6) is 0 Å². The maximum atomic E-state index is 4.62. The fourth-order valence-electron chi connectivity index (χ4n) is 1.83. The summed E-state index contributed by atoms with van der Waals surface area (Å²) in [6.07, 6.45) is 6.96. The lowest BCUT2D eigenvalue weighted by Gasteiger charge is -2.04. The Morgan fingerprint density at radius 1 is 1.41 bits per heavy atom. The lowest BCUT2D eigenvalue weighted by atomic mass is 10.2. The van der Waals surface area contributed by atoms with Crippen LogP contribution in [0.1, 0.15) is 36.1 Å². The van der Waals surface area contributed by atoms with Crippen molar-refractivity contribution in [1.29, 1.82) is 0 Å². The minimum Gasteiger partial charge on any atom is -0.338 e. The van der Waals surface area contributed by atoms with E-state index in [-0.39, 0.29) is 0 Å². The Morgan fingerprint density at radius 3 is 2.88 bits per heavy atom. The molecule has 0 spiro atoms. The van der Waals surface area contributed by atoms with E-state index in [1.165, 1.54) is 12.8 Å². The van der Waals surface area contributed by atoms with Crippen molar-refractivity contribution < 1.29 is 0 Å². The molecule has 4 nitrogen and oxygen atoms in total. The van der Waals surface area contributed by atoms with Crippen LogP contribution in [0.3, 0.4) is 0 Å². The maximum absolute atomic E-state index is 4.62. The highest BCUT2D eigenvalue weighted by Gasteiger charge is 2.27. The number of rotatable bonds is 3. The molecule has 1 aliphatic rings. The van der Waals surface area contributed by atoms with Gasteiger partial charge in [0.1, 0.15) is 16.3 Å². The summed E-state index contributed by atoms with van der Waals surface area (Å²) in [6, 6.07) is 1.97. The lowest BCUT2D eigenvalue weighted by molar-refractivity contribution is 0.795. The minimum atomic E-state index is 0.577. The van der Waals surface area contributed by atoms with E-state index in [0.29, 0.717) is 5.92 Å². The van der Waals surface area contributed by atoms with Gasteiger partial charge < -0.3 is 4.57 Å².